The molecule has 0 aromatic carbocycles. The van der Waals surface area contributed by atoms with Crippen molar-refractivity contribution >= 4 is 11.6 Å². The molecule has 2 rings (SSSR count). The van der Waals surface area contributed by atoms with Crippen molar-refractivity contribution in [3.05, 3.63) is 24.0 Å². The van der Waals surface area contributed by atoms with Gasteiger partial charge in [0.2, 0.25) is 5.91 Å². The molecule has 1 fully saturated rings. The lowest BCUT2D eigenvalue weighted by Crippen LogP contribution is -2.34. The normalized spacial score (nSPS) is 18.4. The second-order valence-electron chi connectivity index (χ2n) is 4.96. The van der Waals surface area contributed by atoms with E-state index in [0.29, 0.717) is 18.7 Å². The average molecular weight is 263 g/mol. The molecule has 1 amide bonds. The van der Waals surface area contributed by atoms with E-state index < -0.39 is 6.10 Å². The molecule has 0 spiro atoms. The highest BCUT2D eigenvalue weighted by atomic mass is 16.3. The van der Waals surface area contributed by atoms with Crippen LogP contribution >= 0.6 is 0 Å². The van der Waals surface area contributed by atoms with Crippen molar-refractivity contribution in [1.82, 2.24) is 9.88 Å². The minimum Gasteiger partial charge on any atom is -0.387 e. The molecule has 1 aromatic rings. The summed E-state index contributed by atoms with van der Waals surface area (Å²) in [6.07, 6.45) is 2.85. The zero-order valence-corrected chi connectivity index (χ0v) is 11.5. The number of anilines is 1. The van der Waals surface area contributed by atoms with E-state index in [-0.39, 0.29) is 5.91 Å². The van der Waals surface area contributed by atoms with Crippen molar-refractivity contribution < 1.29 is 9.90 Å². The maximum Gasteiger partial charge on any atom is 0.241 e. The van der Waals surface area contributed by atoms with Gasteiger partial charge in [-0.2, -0.15) is 0 Å². The summed E-state index contributed by atoms with van der Waals surface area (Å²) in [5.41, 5.74) is 1.63. The Hall–Kier alpha value is -1.62. The second kappa shape index (κ2) is 6.02. The van der Waals surface area contributed by atoms with E-state index in [2.05, 4.69) is 4.98 Å². The molecular weight excluding hydrogens is 242 g/mol. The monoisotopic (exact) mass is 263 g/mol. The molecule has 5 nitrogen and oxygen atoms in total. The Morgan fingerprint density at radius 3 is 2.84 bits per heavy atom. The first-order valence-electron chi connectivity index (χ1n) is 6.74. The van der Waals surface area contributed by atoms with Gasteiger partial charge >= 0.3 is 0 Å². The summed E-state index contributed by atoms with van der Waals surface area (Å²) in [5.74, 6) is 0.134. The Morgan fingerprint density at radius 1 is 1.42 bits per heavy atom. The number of likely N-dealkylation sites (N-methyl/N-ethyl adjacent to an activating group) is 1. The number of carbonyl (C=O) groups is 1. The van der Waals surface area contributed by atoms with Crippen LogP contribution in [0.1, 0.15) is 31.6 Å². The van der Waals surface area contributed by atoms with Crippen LogP contribution in [0.15, 0.2) is 18.3 Å². The van der Waals surface area contributed by atoms with Gasteiger partial charge in [0.25, 0.3) is 0 Å². The topological polar surface area (TPSA) is 56.7 Å². The minimum absolute atomic E-state index is 0.134. The Kier molecular flexibility index (Phi) is 4.37. The maximum absolute atomic E-state index is 11.8. The quantitative estimate of drug-likeness (QED) is 0.890. The van der Waals surface area contributed by atoms with Gasteiger partial charge in [-0.1, -0.05) is 6.92 Å². The smallest absolute Gasteiger partial charge is 0.241 e. The summed E-state index contributed by atoms with van der Waals surface area (Å²) < 4.78 is 0. The molecule has 1 N–H and O–H groups in total. The number of aliphatic hydroxyl groups excluding tert-OH is 1. The van der Waals surface area contributed by atoms with Gasteiger partial charge in [-0.3, -0.25) is 9.78 Å². The Morgan fingerprint density at radius 2 is 2.21 bits per heavy atom. The summed E-state index contributed by atoms with van der Waals surface area (Å²) in [5, 5.41) is 9.72. The summed E-state index contributed by atoms with van der Waals surface area (Å²) in [6, 6.07) is 3.77. The van der Waals surface area contributed by atoms with E-state index in [1.807, 2.05) is 31.0 Å². The summed E-state index contributed by atoms with van der Waals surface area (Å²) in [6.45, 7) is 3.97. The number of aromatic nitrogens is 1. The van der Waals surface area contributed by atoms with Gasteiger partial charge in [0, 0.05) is 20.1 Å². The van der Waals surface area contributed by atoms with E-state index >= 15 is 0 Å². The lowest BCUT2D eigenvalue weighted by molar-refractivity contribution is -0.127. The zero-order valence-electron chi connectivity index (χ0n) is 11.5. The molecular formula is C14H21N3O2. The highest BCUT2D eigenvalue weighted by molar-refractivity contribution is 5.81. The van der Waals surface area contributed by atoms with Crippen molar-refractivity contribution in [3.8, 4) is 0 Å². The number of amides is 1. The zero-order chi connectivity index (χ0) is 13.8. The molecule has 1 aliphatic heterocycles. The lowest BCUT2D eigenvalue weighted by atomic mass is 10.2. The van der Waals surface area contributed by atoms with Crippen molar-refractivity contribution in [2.24, 2.45) is 0 Å². The van der Waals surface area contributed by atoms with Crippen molar-refractivity contribution in [1.29, 1.82) is 0 Å². The van der Waals surface area contributed by atoms with Gasteiger partial charge in [0.05, 0.1) is 30.2 Å². The van der Waals surface area contributed by atoms with Crippen LogP contribution in [-0.4, -0.2) is 47.6 Å². The minimum atomic E-state index is -0.508. The first-order chi connectivity index (χ1) is 9.11. The number of aliphatic hydroxyl groups is 1. The average Bonchev–Trinajstić information content (AvgIpc) is 2.60. The number of carbonyl (C=O) groups excluding carboxylic acids is 1. The van der Waals surface area contributed by atoms with E-state index in [0.717, 1.165) is 25.2 Å². The van der Waals surface area contributed by atoms with E-state index in [1.54, 1.807) is 11.1 Å². The molecule has 5 heteroatoms. The first kappa shape index (κ1) is 13.8. The van der Waals surface area contributed by atoms with E-state index in [4.69, 9.17) is 0 Å². The summed E-state index contributed by atoms with van der Waals surface area (Å²) in [7, 11) is 1.84. The Bertz CT molecular complexity index is 433. The third kappa shape index (κ3) is 3.23. The molecule has 1 aromatic heterocycles. The third-order valence-electron chi connectivity index (χ3n) is 3.54. The van der Waals surface area contributed by atoms with Gasteiger partial charge in [-0.15, -0.1) is 0 Å². The van der Waals surface area contributed by atoms with Gasteiger partial charge in [-0.05, 0) is 25.0 Å². The van der Waals surface area contributed by atoms with Crippen LogP contribution < -0.4 is 4.90 Å². The fourth-order valence-electron chi connectivity index (χ4n) is 2.20. The Balaban J connectivity index is 2.11. The highest BCUT2D eigenvalue weighted by Gasteiger charge is 2.19. The van der Waals surface area contributed by atoms with Crippen LogP contribution in [-0.2, 0) is 4.79 Å². The predicted molar refractivity (Wildman–Crippen MR) is 74.0 cm³/mol. The summed E-state index contributed by atoms with van der Waals surface area (Å²) >= 11 is 0. The van der Waals surface area contributed by atoms with Crippen molar-refractivity contribution in [3.63, 3.8) is 0 Å². The molecule has 1 atom stereocenters. The SMILES string of the molecule is CC[C@H](O)c1ccc(N2CCCN(C)C(=O)C2)cn1. The van der Waals surface area contributed by atoms with Crippen LogP contribution in [0.4, 0.5) is 5.69 Å². The predicted octanol–water partition coefficient (Wildman–Crippen LogP) is 1.19. The molecule has 1 aliphatic rings. The number of nitrogens with zero attached hydrogens (tertiary/aromatic N) is 3. The largest absolute Gasteiger partial charge is 0.387 e. The van der Waals surface area contributed by atoms with E-state index in [1.165, 1.54) is 0 Å². The molecule has 2 heterocycles. The molecule has 0 radical (unpaired) electrons. The standard InChI is InChI=1S/C14H21N3O2/c1-3-13(18)12-6-5-11(9-15-12)17-8-4-7-16(2)14(19)10-17/h5-6,9,13,18H,3-4,7-8,10H2,1-2H3/t13-/m0/s1. The van der Waals surface area contributed by atoms with Crippen LogP contribution in [0.5, 0.6) is 0 Å². The molecule has 0 aliphatic carbocycles. The van der Waals surface area contributed by atoms with Crippen molar-refractivity contribution in [2.45, 2.75) is 25.9 Å². The molecule has 0 bridgehead atoms. The second-order valence-corrected chi connectivity index (χ2v) is 4.96. The molecule has 1 saturated heterocycles. The Labute approximate surface area is 113 Å². The van der Waals surface area contributed by atoms with Gasteiger partial charge in [-0.25, -0.2) is 0 Å². The molecule has 0 saturated carbocycles. The van der Waals surface area contributed by atoms with Crippen LogP contribution in [0.25, 0.3) is 0 Å². The van der Waals surface area contributed by atoms with Gasteiger partial charge in [0.1, 0.15) is 0 Å². The van der Waals surface area contributed by atoms with Gasteiger partial charge < -0.3 is 14.9 Å². The van der Waals surface area contributed by atoms with Crippen LogP contribution in [0, 0.1) is 0 Å². The van der Waals surface area contributed by atoms with Crippen molar-refractivity contribution in [2.75, 3.05) is 31.6 Å². The lowest BCUT2D eigenvalue weighted by Gasteiger charge is -2.22. The number of hydrogen-bond acceptors (Lipinski definition) is 4. The number of hydrogen-bond donors (Lipinski definition) is 1. The molecule has 19 heavy (non-hydrogen) atoms. The molecule has 0 unspecified atom stereocenters. The van der Waals surface area contributed by atoms with Crippen LogP contribution in [0.2, 0.25) is 0 Å². The fourth-order valence-corrected chi connectivity index (χ4v) is 2.20. The summed E-state index contributed by atoms with van der Waals surface area (Å²) in [4.78, 5) is 19.9. The maximum atomic E-state index is 11.8. The third-order valence-corrected chi connectivity index (χ3v) is 3.54. The molecule has 104 valence electrons. The highest BCUT2D eigenvalue weighted by Crippen LogP contribution is 2.19. The fraction of sp³-hybridized carbons (Fsp3) is 0.571. The van der Waals surface area contributed by atoms with Crippen LogP contribution in [0.3, 0.4) is 0 Å². The van der Waals surface area contributed by atoms with Gasteiger partial charge in [0.15, 0.2) is 0 Å². The number of pyridine rings is 1. The first-order valence-corrected chi connectivity index (χ1v) is 6.74. The van der Waals surface area contributed by atoms with E-state index in [9.17, 15) is 9.90 Å². The number of rotatable bonds is 3.